The van der Waals surface area contributed by atoms with Gasteiger partial charge in [-0.15, -0.1) is 0 Å². The molecule has 0 aliphatic heterocycles. The average molecular weight is 364 g/mol. The van der Waals surface area contributed by atoms with E-state index < -0.39 is 5.82 Å². The largest absolute Gasteiger partial charge is 0.348 e. The predicted molar refractivity (Wildman–Crippen MR) is 91.6 cm³/mol. The number of carbonyl (C=O) groups excluding carboxylic acids is 1. The number of carbonyl (C=O) groups is 1. The number of benzene rings is 2. The van der Waals surface area contributed by atoms with Crippen LogP contribution in [0.4, 0.5) is 4.39 Å². The van der Waals surface area contributed by atoms with Crippen molar-refractivity contribution >= 4 is 29.1 Å². The molecule has 4 nitrogen and oxygen atoms in total. The molecule has 0 fully saturated rings. The average Bonchev–Trinajstić information content (AvgIpc) is 3.03. The van der Waals surface area contributed by atoms with E-state index in [9.17, 15) is 9.18 Å². The van der Waals surface area contributed by atoms with Gasteiger partial charge in [-0.1, -0.05) is 41.4 Å². The number of rotatable bonds is 4. The van der Waals surface area contributed by atoms with Gasteiger partial charge in [0, 0.05) is 22.2 Å². The van der Waals surface area contributed by atoms with Crippen molar-refractivity contribution in [3.05, 3.63) is 75.7 Å². The molecule has 0 spiro atoms. The van der Waals surface area contributed by atoms with Gasteiger partial charge in [-0.25, -0.2) is 4.39 Å². The Morgan fingerprint density at radius 2 is 2.04 bits per heavy atom. The summed E-state index contributed by atoms with van der Waals surface area (Å²) in [5.41, 5.74) is 2.33. The van der Waals surface area contributed by atoms with E-state index in [2.05, 4.69) is 15.5 Å². The summed E-state index contributed by atoms with van der Waals surface area (Å²) in [6.07, 6.45) is 1.44. The Kier molecular flexibility index (Phi) is 4.83. The lowest BCUT2D eigenvalue weighted by molar-refractivity contribution is 0.0951. The second-order valence-corrected chi connectivity index (χ2v) is 5.93. The zero-order chi connectivity index (χ0) is 17.1. The van der Waals surface area contributed by atoms with Gasteiger partial charge in [0.2, 0.25) is 0 Å². The molecule has 0 radical (unpaired) electrons. The Balaban J connectivity index is 1.78. The molecule has 24 heavy (non-hydrogen) atoms. The number of aromatic nitrogens is 2. The van der Waals surface area contributed by atoms with Crippen LogP contribution >= 0.6 is 23.2 Å². The van der Waals surface area contributed by atoms with E-state index in [1.807, 2.05) is 6.07 Å². The molecule has 0 aliphatic rings. The van der Waals surface area contributed by atoms with E-state index in [0.717, 1.165) is 5.56 Å². The highest BCUT2D eigenvalue weighted by Crippen LogP contribution is 2.24. The van der Waals surface area contributed by atoms with E-state index in [-0.39, 0.29) is 17.5 Å². The number of H-pyrrole nitrogens is 1. The Hall–Kier alpha value is -2.37. The molecular weight excluding hydrogens is 352 g/mol. The first-order valence-electron chi connectivity index (χ1n) is 7.06. The molecule has 0 saturated carbocycles. The van der Waals surface area contributed by atoms with Gasteiger partial charge >= 0.3 is 0 Å². The lowest BCUT2D eigenvalue weighted by Gasteiger charge is -2.08. The summed E-state index contributed by atoms with van der Waals surface area (Å²) in [6, 6.07) is 11.1. The van der Waals surface area contributed by atoms with E-state index in [1.54, 1.807) is 18.2 Å². The third-order valence-electron chi connectivity index (χ3n) is 3.45. The molecule has 7 heteroatoms. The van der Waals surface area contributed by atoms with E-state index in [4.69, 9.17) is 23.2 Å². The van der Waals surface area contributed by atoms with E-state index in [1.165, 1.54) is 24.4 Å². The van der Waals surface area contributed by atoms with Gasteiger partial charge in [-0.05, 0) is 29.8 Å². The molecule has 1 aromatic heterocycles. The molecule has 0 unspecified atom stereocenters. The lowest BCUT2D eigenvalue weighted by atomic mass is 10.1. The van der Waals surface area contributed by atoms with Gasteiger partial charge in [-0.2, -0.15) is 5.10 Å². The summed E-state index contributed by atoms with van der Waals surface area (Å²) >= 11 is 11.9. The summed E-state index contributed by atoms with van der Waals surface area (Å²) in [7, 11) is 0. The fourth-order valence-corrected chi connectivity index (χ4v) is 2.68. The summed E-state index contributed by atoms with van der Waals surface area (Å²) in [6.45, 7) is 0.179. The molecule has 1 heterocycles. The third-order valence-corrected chi connectivity index (χ3v) is 4.04. The molecule has 3 rings (SSSR count). The molecule has 2 N–H and O–H groups in total. The number of halogens is 3. The number of nitrogens with zero attached hydrogens (tertiary/aromatic N) is 1. The normalized spacial score (nSPS) is 10.6. The molecule has 122 valence electrons. The third kappa shape index (κ3) is 3.58. The van der Waals surface area contributed by atoms with Crippen LogP contribution < -0.4 is 5.32 Å². The van der Waals surface area contributed by atoms with Crippen LogP contribution in [-0.2, 0) is 6.54 Å². The SMILES string of the molecule is O=C(NCc1ccc(F)cc1Cl)c1cn[nH]c1-c1cccc(Cl)c1. The van der Waals surface area contributed by atoms with Crippen molar-refractivity contribution in [3.63, 3.8) is 0 Å². The minimum atomic E-state index is -0.423. The molecule has 0 bridgehead atoms. The van der Waals surface area contributed by atoms with Crippen LogP contribution in [0.25, 0.3) is 11.3 Å². The molecule has 1 amide bonds. The first-order valence-corrected chi connectivity index (χ1v) is 7.81. The van der Waals surface area contributed by atoms with Crippen LogP contribution in [0.15, 0.2) is 48.7 Å². The molecule has 0 aliphatic carbocycles. The van der Waals surface area contributed by atoms with Crippen LogP contribution in [-0.4, -0.2) is 16.1 Å². The fourth-order valence-electron chi connectivity index (χ4n) is 2.26. The molecular formula is C17H12Cl2FN3O. The summed E-state index contributed by atoms with van der Waals surface area (Å²) in [4.78, 5) is 12.4. The van der Waals surface area contributed by atoms with Gasteiger partial charge in [0.15, 0.2) is 0 Å². The number of hydrogen-bond donors (Lipinski definition) is 2. The Morgan fingerprint density at radius 3 is 2.79 bits per heavy atom. The van der Waals surface area contributed by atoms with Gasteiger partial charge in [-0.3, -0.25) is 9.89 Å². The van der Waals surface area contributed by atoms with Crippen molar-refractivity contribution in [1.82, 2.24) is 15.5 Å². The number of hydrogen-bond acceptors (Lipinski definition) is 2. The van der Waals surface area contributed by atoms with Crippen molar-refractivity contribution in [2.45, 2.75) is 6.54 Å². The summed E-state index contributed by atoms with van der Waals surface area (Å²) in [5, 5.41) is 10.3. The summed E-state index contributed by atoms with van der Waals surface area (Å²) in [5.74, 6) is -0.743. The van der Waals surface area contributed by atoms with E-state index in [0.29, 0.717) is 21.8 Å². The minimum Gasteiger partial charge on any atom is -0.348 e. The Morgan fingerprint density at radius 1 is 1.21 bits per heavy atom. The maximum absolute atomic E-state index is 13.0. The van der Waals surface area contributed by atoms with Gasteiger partial charge in [0.25, 0.3) is 5.91 Å². The second-order valence-electron chi connectivity index (χ2n) is 5.09. The Bertz CT molecular complexity index is 895. The van der Waals surface area contributed by atoms with Crippen molar-refractivity contribution < 1.29 is 9.18 Å². The molecule has 0 atom stereocenters. The van der Waals surface area contributed by atoms with Gasteiger partial charge in [0.1, 0.15) is 5.82 Å². The fraction of sp³-hybridized carbons (Fsp3) is 0.0588. The molecule has 0 saturated heterocycles. The predicted octanol–water partition coefficient (Wildman–Crippen LogP) is 4.45. The minimum absolute atomic E-state index is 0.179. The van der Waals surface area contributed by atoms with Crippen LogP contribution in [0.5, 0.6) is 0 Å². The van der Waals surface area contributed by atoms with Crippen LogP contribution in [0, 0.1) is 5.82 Å². The van der Waals surface area contributed by atoms with Crippen LogP contribution in [0.3, 0.4) is 0 Å². The Labute approximate surface area is 147 Å². The highest BCUT2D eigenvalue weighted by atomic mass is 35.5. The standard InChI is InChI=1S/C17H12Cl2FN3O/c18-12-3-1-2-10(6-12)16-14(9-22-23-16)17(24)21-8-11-4-5-13(20)7-15(11)19/h1-7,9H,8H2,(H,21,24)(H,22,23). The van der Waals surface area contributed by atoms with E-state index >= 15 is 0 Å². The quantitative estimate of drug-likeness (QED) is 0.719. The first kappa shape index (κ1) is 16.5. The topological polar surface area (TPSA) is 57.8 Å². The zero-order valence-electron chi connectivity index (χ0n) is 12.3. The lowest BCUT2D eigenvalue weighted by Crippen LogP contribution is -2.23. The number of nitrogens with one attached hydrogen (secondary N) is 2. The van der Waals surface area contributed by atoms with Crippen molar-refractivity contribution in [3.8, 4) is 11.3 Å². The second kappa shape index (κ2) is 7.03. The van der Waals surface area contributed by atoms with Crippen molar-refractivity contribution in [2.75, 3.05) is 0 Å². The number of amides is 1. The van der Waals surface area contributed by atoms with Crippen molar-refractivity contribution in [1.29, 1.82) is 0 Å². The van der Waals surface area contributed by atoms with Gasteiger partial charge < -0.3 is 5.32 Å². The highest BCUT2D eigenvalue weighted by Gasteiger charge is 2.15. The zero-order valence-corrected chi connectivity index (χ0v) is 13.8. The van der Waals surface area contributed by atoms with Gasteiger partial charge in [0.05, 0.1) is 17.5 Å². The molecule has 2 aromatic carbocycles. The monoisotopic (exact) mass is 363 g/mol. The highest BCUT2D eigenvalue weighted by molar-refractivity contribution is 6.31. The molecule has 3 aromatic rings. The first-order chi connectivity index (χ1) is 11.5. The van der Waals surface area contributed by atoms with Crippen LogP contribution in [0.2, 0.25) is 10.0 Å². The summed E-state index contributed by atoms with van der Waals surface area (Å²) < 4.78 is 13.0. The maximum atomic E-state index is 13.0. The maximum Gasteiger partial charge on any atom is 0.255 e. The van der Waals surface area contributed by atoms with Crippen molar-refractivity contribution in [2.24, 2.45) is 0 Å². The smallest absolute Gasteiger partial charge is 0.255 e. The van der Waals surface area contributed by atoms with Crippen LogP contribution in [0.1, 0.15) is 15.9 Å². The number of aromatic amines is 1.